The summed E-state index contributed by atoms with van der Waals surface area (Å²) in [5, 5.41) is 9.18. The minimum absolute atomic E-state index is 0.0544. The molecule has 14 heavy (non-hydrogen) atoms. The predicted octanol–water partition coefficient (Wildman–Crippen LogP) is -0.427. The Kier molecular flexibility index (Phi) is 1.70. The second kappa shape index (κ2) is 2.77. The number of rotatable bonds is 1. The molecule has 0 saturated heterocycles. The Bertz CT molecular complexity index is 565. The summed E-state index contributed by atoms with van der Waals surface area (Å²) in [5.41, 5.74) is -0.453. The van der Waals surface area contributed by atoms with E-state index in [1.807, 2.05) is 13.0 Å². The molecule has 4 heteroatoms. The Morgan fingerprint density at radius 3 is 2.57 bits per heavy atom. The fraction of sp³-hybridized carbons (Fsp3) is 0.100. The van der Waals surface area contributed by atoms with E-state index in [1.54, 1.807) is 18.5 Å². The molecule has 0 amide bonds. The lowest BCUT2D eigenvalue weighted by molar-refractivity contribution is -0.598. The van der Waals surface area contributed by atoms with Crippen molar-refractivity contribution in [2.75, 3.05) is 0 Å². The number of aromatic nitrogens is 1. The first-order chi connectivity index (χ1) is 6.61. The summed E-state index contributed by atoms with van der Waals surface area (Å²) in [7, 11) is 0. The first-order valence-electron chi connectivity index (χ1n) is 4.12. The SMILES string of the molecule is Cc1ccc[n+](-c2c(O)c(=O)c2=O)c1. The number of nitrogens with zero attached hydrogens (tertiary/aromatic N) is 1. The van der Waals surface area contributed by atoms with Crippen LogP contribution in [0.2, 0.25) is 0 Å². The fourth-order valence-electron chi connectivity index (χ4n) is 1.34. The van der Waals surface area contributed by atoms with E-state index < -0.39 is 16.6 Å². The normalized spacial score (nSPS) is 10.6. The summed E-state index contributed by atoms with van der Waals surface area (Å²) >= 11 is 0. The van der Waals surface area contributed by atoms with Crippen molar-refractivity contribution in [2.24, 2.45) is 0 Å². The average Bonchev–Trinajstić information content (AvgIpc) is 2.18. The second-order valence-electron chi connectivity index (χ2n) is 3.14. The van der Waals surface area contributed by atoms with Crippen LogP contribution in [0.15, 0.2) is 34.1 Å². The maximum Gasteiger partial charge on any atom is 0.309 e. The molecule has 2 rings (SSSR count). The summed E-state index contributed by atoms with van der Waals surface area (Å²) in [5.74, 6) is -0.453. The van der Waals surface area contributed by atoms with E-state index in [-0.39, 0.29) is 5.69 Å². The van der Waals surface area contributed by atoms with Crippen LogP contribution in [-0.2, 0) is 0 Å². The van der Waals surface area contributed by atoms with Crippen LogP contribution in [0.3, 0.4) is 0 Å². The molecule has 0 unspecified atom stereocenters. The lowest BCUT2D eigenvalue weighted by Gasteiger charge is -1.99. The summed E-state index contributed by atoms with van der Waals surface area (Å²) in [6.07, 6.45) is 3.29. The van der Waals surface area contributed by atoms with Crippen molar-refractivity contribution >= 4 is 0 Å². The van der Waals surface area contributed by atoms with Gasteiger partial charge in [-0.05, 0) is 13.0 Å². The number of pyridine rings is 1. The number of hydrogen-bond acceptors (Lipinski definition) is 3. The molecule has 70 valence electrons. The van der Waals surface area contributed by atoms with Crippen LogP contribution in [0.1, 0.15) is 5.56 Å². The molecule has 0 fully saturated rings. The molecule has 0 radical (unpaired) electrons. The van der Waals surface area contributed by atoms with Crippen molar-refractivity contribution < 1.29 is 9.67 Å². The van der Waals surface area contributed by atoms with Gasteiger partial charge in [0.05, 0.1) is 0 Å². The Morgan fingerprint density at radius 2 is 2.00 bits per heavy atom. The van der Waals surface area contributed by atoms with Gasteiger partial charge in [0.15, 0.2) is 12.4 Å². The van der Waals surface area contributed by atoms with Crippen LogP contribution >= 0.6 is 0 Å². The van der Waals surface area contributed by atoms with Gasteiger partial charge in [0.25, 0.3) is 5.43 Å². The van der Waals surface area contributed by atoms with Crippen LogP contribution < -0.4 is 15.4 Å². The van der Waals surface area contributed by atoms with Crippen molar-refractivity contribution in [3.05, 3.63) is 50.5 Å². The highest BCUT2D eigenvalue weighted by Crippen LogP contribution is 2.07. The molecule has 0 aliphatic heterocycles. The molecule has 4 nitrogen and oxygen atoms in total. The van der Waals surface area contributed by atoms with Gasteiger partial charge in [-0.2, -0.15) is 4.57 Å². The van der Waals surface area contributed by atoms with Gasteiger partial charge in [-0.15, -0.1) is 0 Å². The monoisotopic (exact) mass is 190 g/mol. The standard InChI is InChI=1S/C10H7NO3/c1-6-3-2-4-11(5-6)7-8(12)10(14)9(7)13/h2-5H,1H3/p+1. The third kappa shape index (κ3) is 1.04. The van der Waals surface area contributed by atoms with Crippen LogP contribution in [0.25, 0.3) is 5.69 Å². The molecule has 1 aromatic carbocycles. The van der Waals surface area contributed by atoms with Crippen molar-refractivity contribution in [1.82, 2.24) is 0 Å². The molecular weight excluding hydrogens is 182 g/mol. The smallest absolute Gasteiger partial charge is 0.309 e. The quantitative estimate of drug-likeness (QED) is 0.490. The van der Waals surface area contributed by atoms with Crippen LogP contribution in [0.4, 0.5) is 0 Å². The van der Waals surface area contributed by atoms with E-state index in [4.69, 9.17) is 0 Å². The first kappa shape index (κ1) is 8.62. The van der Waals surface area contributed by atoms with E-state index in [9.17, 15) is 14.7 Å². The third-order valence-corrected chi connectivity index (χ3v) is 2.07. The molecule has 1 heterocycles. The van der Waals surface area contributed by atoms with E-state index in [0.29, 0.717) is 0 Å². The molecule has 0 saturated carbocycles. The molecule has 0 bridgehead atoms. The largest absolute Gasteiger partial charge is 0.499 e. The van der Waals surface area contributed by atoms with Crippen molar-refractivity contribution in [2.45, 2.75) is 6.92 Å². The van der Waals surface area contributed by atoms with Crippen LogP contribution in [-0.4, -0.2) is 5.11 Å². The Morgan fingerprint density at radius 1 is 1.29 bits per heavy atom. The van der Waals surface area contributed by atoms with E-state index in [1.165, 1.54) is 4.57 Å². The van der Waals surface area contributed by atoms with Gasteiger partial charge in [-0.1, -0.05) is 0 Å². The zero-order valence-corrected chi connectivity index (χ0v) is 7.52. The maximum absolute atomic E-state index is 11.1. The Hall–Kier alpha value is -1.97. The molecular formula is C10H8NO3+. The van der Waals surface area contributed by atoms with Gasteiger partial charge >= 0.3 is 11.1 Å². The summed E-state index contributed by atoms with van der Waals surface area (Å²) in [4.78, 5) is 21.9. The zero-order valence-electron chi connectivity index (χ0n) is 7.52. The lowest BCUT2D eigenvalue weighted by atomic mass is 10.2. The molecule has 0 atom stereocenters. The predicted molar refractivity (Wildman–Crippen MR) is 49.3 cm³/mol. The second-order valence-corrected chi connectivity index (χ2v) is 3.14. The third-order valence-electron chi connectivity index (χ3n) is 2.07. The van der Waals surface area contributed by atoms with E-state index in [0.717, 1.165) is 5.56 Å². The van der Waals surface area contributed by atoms with Gasteiger partial charge in [0.2, 0.25) is 5.75 Å². The Labute approximate surface area is 79.4 Å². The van der Waals surface area contributed by atoms with Gasteiger partial charge < -0.3 is 5.11 Å². The van der Waals surface area contributed by atoms with Gasteiger partial charge in [-0.3, -0.25) is 9.59 Å². The highest BCUT2D eigenvalue weighted by molar-refractivity contribution is 5.44. The molecule has 0 spiro atoms. The van der Waals surface area contributed by atoms with E-state index >= 15 is 0 Å². The maximum atomic E-state index is 11.1. The van der Waals surface area contributed by atoms with Crippen molar-refractivity contribution in [3.63, 3.8) is 0 Å². The highest BCUT2D eigenvalue weighted by atomic mass is 16.3. The zero-order chi connectivity index (χ0) is 10.3. The highest BCUT2D eigenvalue weighted by Gasteiger charge is 2.28. The fourth-order valence-corrected chi connectivity index (χ4v) is 1.34. The van der Waals surface area contributed by atoms with Gasteiger partial charge in [-0.25, -0.2) is 0 Å². The average molecular weight is 190 g/mol. The molecule has 0 aliphatic carbocycles. The minimum atomic E-state index is -0.811. The number of hydrogen-bond donors (Lipinski definition) is 1. The van der Waals surface area contributed by atoms with Crippen molar-refractivity contribution in [1.29, 1.82) is 0 Å². The van der Waals surface area contributed by atoms with Crippen LogP contribution in [0.5, 0.6) is 5.75 Å². The summed E-state index contributed by atoms with van der Waals surface area (Å²) in [6.45, 7) is 1.86. The number of aryl methyl sites for hydroxylation is 1. The summed E-state index contributed by atoms with van der Waals surface area (Å²) in [6, 6.07) is 3.60. The molecule has 0 aliphatic rings. The topological polar surface area (TPSA) is 58.2 Å². The first-order valence-corrected chi connectivity index (χ1v) is 4.12. The van der Waals surface area contributed by atoms with Crippen molar-refractivity contribution in [3.8, 4) is 11.4 Å². The Balaban J connectivity index is 2.63. The van der Waals surface area contributed by atoms with Gasteiger partial charge in [0, 0.05) is 11.6 Å². The molecule has 2 aromatic rings. The molecule has 1 aromatic heterocycles. The minimum Gasteiger partial charge on any atom is -0.499 e. The molecule has 1 N–H and O–H groups in total. The van der Waals surface area contributed by atoms with Crippen LogP contribution in [0, 0.1) is 6.92 Å². The lowest BCUT2D eigenvalue weighted by Crippen LogP contribution is -2.46. The number of aromatic hydroxyl groups is 1. The summed E-state index contributed by atoms with van der Waals surface area (Å²) < 4.78 is 1.45. The van der Waals surface area contributed by atoms with Gasteiger partial charge in [0.1, 0.15) is 0 Å². The van der Waals surface area contributed by atoms with E-state index in [2.05, 4.69) is 0 Å².